The molecule has 4 aromatic carbocycles. The SMILES string of the molecule is O=C(Nc1ccc(F)cc1)[C@H]1Cc2ccccc2CN1C(=O)c1cccc(Oc2ccccc2)c1. The van der Waals surface area contributed by atoms with E-state index in [0.717, 1.165) is 11.1 Å². The minimum absolute atomic E-state index is 0.266. The van der Waals surface area contributed by atoms with E-state index in [2.05, 4.69) is 5.32 Å². The Hall–Kier alpha value is -4.45. The van der Waals surface area contributed by atoms with Gasteiger partial charge in [0.05, 0.1) is 0 Å². The molecule has 5 nitrogen and oxygen atoms in total. The number of hydrogen-bond acceptors (Lipinski definition) is 3. The van der Waals surface area contributed by atoms with Gasteiger partial charge in [-0.15, -0.1) is 0 Å². The van der Waals surface area contributed by atoms with Crippen molar-refractivity contribution in [1.82, 2.24) is 4.90 Å². The lowest BCUT2D eigenvalue weighted by molar-refractivity contribution is -0.121. The summed E-state index contributed by atoms with van der Waals surface area (Å²) in [6.07, 6.45) is 0.384. The number of halogens is 1. The van der Waals surface area contributed by atoms with Gasteiger partial charge >= 0.3 is 0 Å². The van der Waals surface area contributed by atoms with E-state index in [1.807, 2.05) is 54.6 Å². The fourth-order valence-corrected chi connectivity index (χ4v) is 4.21. The summed E-state index contributed by atoms with van der Waals surface area (Å²) in [4.78, 5) is 28.5. The van der Waals surface area contributed by atoms with Crippen LogP contribution in [0.1, 0.15) is 21.5 Å². The molecule has 0 radical (unpaired) electrons. The normalized spacial score (nSPS) is 14.7. The predicted octanol–water partition coefficient (Wildman–Crippen LogP) is 5.82. The number of benzene rings is 4. The van der Waals surface area contributed by atoms with Gasteiger partial charge in [-0.05, 0) is 65.7 Å². The fraction of sp³-hybridized carbons (Fsp3) is 0.103. The average Bonchev–Trinajstić information content (AvgIpc) is 2.89. The van der Waals surface area contributed by atoms with E-state index in [-0.39, 0.29) is 17.6 Å². The Labute approximate surface area is 202 Å². The van der Waals surface area contributed by atoms with Crippen LogP contribution in [0.5, 0.6) is 11.5 Å². The first kappa shape index (κ1) is 22.3. The number of carbonyl (C=O) groups excluding carboxylic acids is 2. The van der Waals surface area contributed by atoms with E-state index in [1.165, 1.54) is 24.3 Å². The molecule has 1 heterocycles. The van der Waals surface area contributed by atoms with E-state index in [4.69, 9.17) is 4.74 Å². The van der Waals surface area contributed by atoms with E-state index < -0.39 is 6.04 Å². The summed E-state index contributed by atoms with van der Waals surface area (Å²) in [5, 5.41) is 2.83. The largest absolute Gasteiger partial charge is 0.457 e. The van der Waals surface area contributed by atoms with Crippen LogP contribution >= 0.6 is 0 Å². The van der Waals surface area contributed by atoms with E-state index in [0.29, 0.717) is 35.7 Å². The van der Waals surface area contributed by atoms with Crippen molar-refractivity contribution >= 4 is 17.5 Å². The Bertz CT molecular complexity index is 1360. The summed E-state index contributed by atoms with van der Waals surface area (Å²) in [6.45, 7) is 0.306. The molecule has 0 aromatic heterocycles. The molecule has 1 N–H and O–H groups in total. The number of amides is 2. The number of anilines is 1. The van der Waals surface area contributed by atoms with Gasteiger partial charge in [0.25, 0.3) is 5.91 Å². The summed E-state index contributed by atoms with van der Waals surface area (Å²) >= 11 is 0. The van der Waals surface area contributed by atoms with Gasteiger partial charge in [0.2, 0.25) is 5.91 Å². The molecule has 1 atom stereocenters. The Kier molecular flexibility index (Phi) is 6.26. The Morgan fingerprint density at radius 3 is 2.26 bits per heavy atom. The van der Waals surface area contributed by atoms with Crippen LogP contribution < -0.4 is 10.1 Å². The minimum Gasteiger partial charge on any atom is -0.457 e. The lowest BCUT2D eigenvalue weighted by atomic mass is 9.92. The number of nitrogens with zero attached hydrogens (tertiary/aromatic N) is 1. The molecule has 0 fully saturated rings. The molecule has 1 aliphatic rings. The van der Waals surface area contributed by atoms with E-state index in [9.17, 15) is 14.0 Å². The molecule has 4 aromatic rings. The predicted molar refractivity (Wildman–Crippen MR) is 132 cm³/mol. The number of fused-ring (bicyclic) bond motifs is 1. The van der Waals surface area contributed by atoms with Crippen molar-refractivity contribution < 1.29 is 18.7 Å². The van der Waals surface area contributed by atoms with Gasteiger partial charge in [-0.2, -0.15) is 0 Å². The topological polar surface area (TPSA) is 58.6 Å². The maximum atomic E-state index is 13.7. The third-order valence-corrected chi connectivity index (χ3v) is 5.98. The molecule has 0 bridgehead atoms. The third kappa shape index (κ3) is 5.06. The van der Waals surface area contributed by atoms with Crippen molar-refractivity contribution in [1.29, 1.82) is 0 Å². The number of para-hydroxylation sites is 1. The van der Waals surface area contributed by atoms with Crippen molar-refractivity contribution in [3.8, 4) is 11.5 Å². The van der Waals surface area contributed by atoms with Crippen molar-refractivity contribution in [2.45, 2.75) is 19.0 Å². The second-order valence-electron chi connectivity index (χ2n) is 8.36. The molecule has 0 saturated heterocycles. The van der Waals surface area contributed by atoms with Crippen LogP contribution in [0, 0.1) is 5.82 Å². The standard InChI is InChI=1S/C29H23FN2O3/c30-23-13-15-24(16-14-23)31-28(33)27-18-20-7-4-5-8-22(20)19-32(27)29(34)21-9-6-12-26(17-21)35-25-10-2-1-3-11-25/h1-17,27H,18-19H2,(H,31,33)/t27-/m1/s1. The lowest BCUT2D eigenvalue weighted by Gasteiger charge is -2.36. The molecule has 0 spiro atoms. The minimum atomic E-state index is -0.721. The van der Waals surface area contributed by atoms with Crippen LogP contribution in [-0.4, -0.2) is 22.8 Å². The average molecular weight is 467 g/mol. The van der Waals surface area contributed by atoms with Crippen LogP contribution in [-0.2, 0) is 17.8 Å². The highest BCUT2D eigenvalue weighted by molar-refractivity contribution is 6.01. The van der Waals surface area contributed by atoms with Gasteiger partial charge in [0.15, 0.2) is 0 Å². The zero-order valence-corrected chi connectivity index (χ0v) is 18.9. The second-order valence-corrected chi connectivity index (χ2v) is 8.36. The molecule has 0 saturated carbocycles. The van der Waals surface area contributed by atoms with Gasteiger partial charge in [-0.3, -0.25) is 9.59 Å². The molecule has 1 aliphatic heterocycles. The van der Waals surface area contributed by atoms with Crippen LogP contribution in [0.3, 0.4) is 0 Å². The highest BCUT2D eigenvalue weighted by Gasteiger charge is 2.35. The van der Waals surface area contributed by atoms with Gasteiger partial charge in [-0.25, -0.2) is 4.39 Å². The van der Waals surface area contributed by atoms with Gasteiger partial charge in [-0.1, -0.05) is 48.5 Å². The molecule has 6 heteroatoms. The summed E-state index contributed by atoms with van der Waals surface area (Å²) in [5.74, 6) is 0.227. The quantitative estimate of drug-likeness (QED) is 0.403. The summed E-state index contributed by atoms with van der Waals surface area (Å²) < 4.78 is 19.2. The van der Waals surface area contributed by atoms with Crippen molar-refractivity contribution in [2.24, 2.45) is 0 Å². The zero-order valence-electron chi connectivity index (χ0n) is 18.9. The van der Waals surface area contributed by atoms with Crippen LogP contribution in [0.2, 0.25) is 0 Å². The monoisotopic (exact) mass is 466 g/mol. The Morgan fingerprint density at radius 2 is 1.49 bits per heavy atom. The molecule has 174 valence electrons. The molecule has 0 aliphatic carbocycles. The third-order valence-electron chi connectivity index (χ3n) is 5.98. The number of ether oxygens (including phenoxy) is 1. The lowest BCUT2D eigenvalue weighted by Crippen LogP contribution is -2.50. The van der Waals surface area contributed by atoms with Crippen molar-refractivity contribution in [2.75, 3.05) is 5.32 Å². The van der Waals surface area contributed by atoms with Crippen LogP contribution in [0.4, 0.5) is 10.1 Å². The first-order valence-corrected chi connectivity index (χ1v) is 11.3. The van der Waals surface area contributed by atoms with E-state index >= 15 is 0 Å². The molecular formula is C29H23FN2O3. The summed E-state index contributed by atoms with van der Waals surface area (Å²) in [6, 6.07) is 28.9. The van der Waals surface area contributed by atoms with Crippen LogP contribution in [0.25, 0.3) is 0 Å². The molecular weight excluding hydrogens is 443 g/mol. The highest BCUT2D eigenvalue weighted by Crippen LogP contribution is 2.28. The maximum Gasteiger partial charge on any atom is 0.254 e. The van der Waals surface area contributed by atoms with E-state index in [1.54, 1.807) is 29.2 Å². The van der Waals surface area contributed by atoms with Gasteiger partial charge in [0.1, 0.15) is 23.4 Å². The van der Waals surface area contributed by atoms with Gasteiger partial charge < -0.3 is 15.0 Å². The van der Waals surface area contributed by atoms with Crippen molar-refractivity contribution in [3.63, 3.8) is 0 Å². The first-order chi connectivity index (χ1) is 17.1. The Balaban J connectivity index is 1.42. The zero-order chi connectivity index (χ0) is 24.2. The highest BCUT2D eigenvalue weighted by atomic mass is 19.1. The molecule has 2 amide bonds. The van der Waals surface area contributed by atoms with Crippen molar-refractivity contribution in [3.05, 3.63) is 126 Å². The number of nitrogens with one attached hydrogen (secondary N) is 1. The second kappa shape index (κ2) is 9.81. The summed E-state index contributed by atoms with van der Waals surface area (Å²) in [5.41, 5.74) is 2.93. The van der Waals surface area contributed by atoms with Crippen LogP contribution in [0.15, 0.2) is 103 Å². The molecule has 35 heavy (non-hydrogen) atoms. The smallest absolute Gasteiger partial charge is 0.254 e. The Morgan fingerprint density at radius 1 is 0.800 bits per heavy atom. The number of rotatable bonds is 5. The summed E-state index contributed by atoms with van der Waals surface area (Å²) in [7, 11) is 0. The molecule has 5 rings (SSSR count). The molecule has 0 unspecified atom stereocenters. The first-order valence-electron chi connectivity index (χ1n) is 11.3. The number of hydrogen-bond donors (Lipinski definition) is 1. The maximum absolute atomic E-state index is 13.7. The number of carbonyl (C=O) groups is 2. The fourth-order valence-electron chi connectivity index (χ4n) is 4.21. The van der Waals surface area contributed by atoms with Gasteiger partial charge in [0, 0.05) is 24.2 Å².